The summed E-state index contributed by atoms with van der Waals surface area (Å²) in [7, 11) is -0.628. The van der Waals surface area contributed by atoms with Crippen LogP contribution in [-0.2, 0) is 48.7 Å². The van der Waals surface area contributed by atoms with Crippen molar-refractivity contribution in [2.45, 2.75) is 20.8 Å². The predicted molar refractivity (Wildman–Crippen MR) is 42.0 cm³/mol. The molecule has 0 N–H and O–H groups in total. The van der Waals surface area contributed by atoms with Gasteiger partial charge >= 0.3 is 0 Å². The van der Waals surface area contributed by atoms with Gasteiger partial charge in [0.15, 0.2) is 0 Å². The fraction of sp³-hybridized carbons (Fsp3) is 0.714. The molecule has 2 unspecified atom stereocenters. The SMILES string of the molecule is CCP1O[CH-]C(C)[C-](C)O1.[V].[W]. The number of hydrogen-bond acceptors (Lipinski definition) is 2. The molecule has 1 radical (unpaired) electrons. The van der Waals surface area contributed by atoms with E-state index in [1.807, 2.05) is 13.5 Å². The zero-order chi connectivity index (χ0) is 7.56. The van der Waals surface area contributed by atoms with Crippen LogP contribution < -0.4 is 0 Å². The second-order valence-electron chi connectivity index (χ2n) is 2.38. The fourth-order valence-electron chi connectivity index (χ4n) is 0.659. The van der Waals surface area contributed by atoms with Gasteiger partial charge in [-0.2, -0.15) is 6.92 Å². The van der Waals surface area contributed by atoms with Crippen molar-refractivity contribution in [2.24, 2.45) is 5.92 Å². The first kappa shape index (κ1) is 16.1. The van der Waals surface area contributed by atoms with E-state index < -0.39 is 8.38 Å². The molecule has 2 atom stereocenters. The van der Waals surface area contributed by atoms with Gasteiger partial charge in [-0.3, -0.25) is 5.92 Å². The Bertz CT molecular complexity index is 118. The molecule has 2 nitrogen and oxygen atoms in total. The van der Waals surface area contributed by atoms with E-state index in [-0.39, 0.29) is 39.6 Å². The summed E-state index contributed by atoms with van der Waals surface area (Å²) in [4.78, 5) is 0. The van der Waals surface area contributed by atoms with Gasteiger partial charge in [-0.25, -0.2) is 12.7 Å². The molecule has 0 amide bonds. The Morgan fingerprint density at radius 1 is 1.58 bits per heavy atom. The molecule has 0 aromatic rings. The molecular formula is C7H13O2PVW-2. The van der Waals surface area contributed by atoms with E-state index in [1.54, 1.807) is 0 Å². The topological polar surface area (TPSA) is 18.5 Å². The average Bonchev–Trinajstić information content (AvgIpc) is 1.95. The number of hydrogen-bond donors (Lipinski definition) is 0. The van der Waals surface area contributed by atoms with Crippen LogP contribution in [0, 0.1) is 18.6 Å². The fourth-order valence-corrected chi connectivity index (χ4v) is 1.79. The van der Waals surface area contributed by atoms with Gasteiger partial charge in [0.05, 0.1) is 0 Å². The van der Waals surface area contributed by atoms with Gasteiger partial charge in [0.25, 0.3) is 0 Å². The van der Waals surface area contributed by atoms with Crippen LogP contribution in [0.25, 0.3) is 0 Å². The van der Waals surface area contributed by atoms with E-state index in [2.05, 4.69) is 13.8 Å². The molecule has 0 aromatic carbocycles. The van der Waals surface area contributed by atoms with Crippen molar-refractivity contribution < 1.29 is 48.7 Å². The normalized spacial score (nSPS) is 30.2. The van der Waals surface area contributed by atoms with Crippen LogP contribution >= 0.6 is 8.38 Å². The average molecular weight is 395 g/mol. The molecule has 0 bridgehead atoms. The zero-order valence-corrected chi connectivity index (χ0v) is 12.7. The molecule has 1 heterocycles. The van der Waals surface area contributed by atoms with Gasteiger partial charge in [0.2, 0.25) is 0 Å². The summed E-state index contributed by atoms with van der Waals surface area (Å²) in [6.45, 7) is 8.02. The van der Waals surface area contributed by atoms with Crippen molar-refractivity contribution in [3.05, 3.63) is 12.7 Å². The van der Waals surface area contributed by atoms with E-state index in [4.69, 9.17) is 9.05 Å². The second kappa shape index (κ2) is 7.97. The standard InChI is InChI=1S/C7H13O2P.V.W/c1-4-10-8-5-6(2)7(3)9-10;;/h5-6H,4H2,1-3H3;;/q-2;;. The van der Waals surface area contributed by atoms with Crippen molar-refractivity contribution in [1.82, 2.24) is 0 Å². The van der Waals surface area contributed by atoms with Gasteiger partial charge in [-0.1, -0.05) is 6.92 Å². The van der Waals surface area contributed by atoms with Crippen molar-refractivity contribution in [3.8, 4) is 0 Å². The Hall–Kier alpha value is 1.62. The first-order valence-electron chi connectivity index (χ1n) is 3.53. The van der Waals surface area contributed by atoms with E-state index in [0.29, 0.717) is 5.92 Å². The van der Waals surface area contributed by atoms with Crippen LogP contribution in [0.1, 0.15) is 20.8 Å². The Labute approximate surface area is 102 Å². The summed E-state index contributed by atoms with van der Waals surface area (Å²) in [5.74, 6) is 0.352. The Morgan fingerprint density at radius 3 is 2.58 bits per heavy atom. The molecule has 0 saturated carbocycles. The van der Waals surface area contributed by atoms with Crippen LogP contribution in [-0.4, -0.2) is 6.16 Å². The van der Waals surface area contributed by atoms with E-state index in [9.17, 15) is 0 Å². The van der Waals surface area contributed by atoms with Gasteiger partial charge in [-0.15, -0.1) is 6.92 Å². The largest absolute Gasteiger partial charge is 0.515 e. The van der Waals surface area contributed by atoms with E-state index in [1.165, 1.54) is 0 Å². The van der Waals surface area contributed by atoms with E-state index >= 15 is 0 Å². The van der Waals surface area contributed by atoms with Gasteiger partial charge in [-0.05, 0) is 0 Å². The predicted octanol–water partition coefficient (Wildman–Crippen LogP) is 2.71. The molecule has 1 aliphatic rings. The molecule has 0 aromatic heterocycles. The molecule has 5 heteroatoms. The maximum absolute atomic E-state index is 5.48. The molecule has 1 saturated heterocycles. The van der Waals surface area contributed by atoms with Crippen LogP contribution in [0.4, 0.5) is 0 Å². The molecular weight excluding hydrogens is 382 g/mol. The Kier molecular flexibility index (Phi) is 10.7. The van der Waals surface area contributed by atoms with Crippen LogP contribution in [0.5, 0.6) is 0 Å². The van der Waals surface area contributed by atoms with Crippen molar-refractivity contribution >= 4 is 8.38 Å². The van der Waals surface area contributed by atoms with Crippen LogP contribution in [0.2, 0.25) is 0 Å². The van der Waals surface area contributed by atoms with Crippen molar-refractivity contribution in [2.75, 3.05) is 6.16 Å². The van der Waals surface area contributed by atoms with Gasteiger partial charge < -0.3 is 9.05 Å². The van der Waals surface area contributed by atoms with Gasteiger partial charge in [0, 0.05) is 45.8 Å². The molecule has 12 heavy (non-hydrogen) atoms. The van der Waals surface area contributed by atoms with E-state index in [0.717, 1.165) is 12.3 Å². The third-order valence-electron chi connectivity index (χ3n) is 1.53. The van der Waals surface area contributed by atoms with Gasteiger partial charge in [0.1, 0.15) is 8.38 Å². The third-order valence-corrected chi connectivity index (χ3v) is 2.89. The third kappa shape index (κ3) is 4.75. The van der Waals surface area contributed by atoms with Crippen molar-refractivity contribution in [1.29, 1.82) is 0 Å². The van der Waals surface area contributed by atoms with Crippen LogP contribution in [0.15, 0.2) is 0 Å². The minimum absolute atomic E-state index is 0. The molecule has 71 valence electrons. The molecule has 1 aliphatic heterocycles. The monoisotopic (exact) mass is 395 g/mol. The minimum Gasteiger partial charge on any atom is -0.515 e. The van der Waals surface area contributed by atoms with Crippen molar-refractivity contribution in [3.63, 3.8) is 0 Å². The Balaban J connectivity index is 0. The summed E-state index contributed by atoms with van der Waals surface area (Å²) in [5.41, 5.74) is 0. The molecule has 1 fully saturated rings. The Morgan fingerprint density at radius 2 is 2.17 bits per heavy atom. The smallest absolute Gasteiger partial charge is 0.104 e. The summed E-state index contributed by atoms with van der Waals surface area (Å²) in [6.07, 6.45) is 2.05. The first-order chi connectivity index (χ1) is 4.74. The first-order valence-corrected chi connectivity index (χ1v) is 4.89. The summed E-state index contributed by atoms with van der Waals surface area (Å²) in [5, 5.41) is 0. The molecule has 0 aliphatic carbocycles. The summed E-state index contributed by atoms with van der Waals surface area (Å²) >= 11 is 0. The minimum atomic E-state index is -0.628. The summed E-state index contributed by atoms with van der Waals surface area (Å²) < 4.78 is 10.8. The zero-order valence-electron chi connectivity index (χ0n) is 7.48. The molecule has 1 rings (SSSR count). The number of rotatable bonds is 1. The van der Waals surface area contributed by atoms with Crippen LogP contribution in [0.3, 0.4) is 0 Å². The molecule has 0 spiro atoms. The second-order valence-corrected chi connectivity index (χ2v) is 4.07. The maximum atomic E-state index is 5.48. The maximum Gasteiger partial charge on any atom is 0.104 e. The summed E-state index contributed by atoms with van der Waals surface area (Å²) in [6, 6.07) is 0. The quantitative estimate of drug-likeness (QED) is 0.503.